The highest BCUT2D eigenvalue weighted by Crippen LogP contribution is 2.26. The first-order chi connectivity index (χ1) is 11.9. The second kappa shape index (κ2) is 5.38. The molecule has 4 aromatic heterocycles. The molecule has 0 bridgehead atoms. The molecule has 0 aliphatic carbocycles. The van der Waals surface area contributed by atoms with Crippen LogP contribution in [-0.2, 0) is 6.54 Å². The normalized spacial score (nSPS) is 17.1. The van der Waals surface area contributed by atoms with Gasteiger partial charge >= 0.3 is 0 Å². The molecule has 0 saturated heterocycles. The smallest absolute Gasteiger partial charge is 0.186 e. The number of thiophene rings is 1. The molecule has 120 valence electrons. The Labute approximate surface area is 141 Å². The van der Waals surface area contributed by atoms with E-state index in [1.165, 1.54) is 0 Å². The summed E-state index contributed by atoms with van der Waals surface area (Å²) in [6.45, 7) is 0.924. The molecule has 0 aromatic carbocycles. The maximum atomic E-state index is 4.67. The van der Waals surface area contributed by atoms with Crippen LogP contribution in [0.1, 0.15) is 24.7 Å². The third-order valence-corrected chi connectivity index (χ3v) is 4.87. The number of hydrogen-bond donors (Lipinski definition) is 1. The fourth-order valence-corrected chi connectivity index (χ4v) is 3.68. The molecule has 5 heterocycles. The number of rotatable bonds is 3. The van der Waals surface area contributed by atoms with Gasteiger partial charge in [0.05, 0.1) is 6.04 Å². The summed E-state index contributed by atoms with van der Waals surface area (Å²) in [5.74, 6) is 2.49. The van der Waals surface area contributed by atoms with E-state index in [1.807, 2.05) is 33.6 Å². The van der Waals surface area contributed by atoms with Crippen LogP contribution in [0.25, 0.3) is 17.0 Å². The van der Waals surface area contributed by atoms with Crippen LogP contribution < -0.4 is 5.32 Å². The Kier molecular flexibility index (Phi) is 3.05. The largest absolute Gasteiger partial charge is 0.359 e. The summed E-state index contributed by atoms with van der Waals surface area (Å²) in [5.41, 5.74) is 1.75. The SMILES string of the molecule is c1nc2n(n1)CCCC2Nc1ccc2nnc(-c3ccsc3)n2n1. The van der Waals surface area contributed by atoms with E-state index in [-0.39, 0.29) is 6.04 Å². The monoisotopic (exact) mass is 338 g/mol. The predicted molar refractivity (Wildman–Crippen MR) is 89.7 cm³/mol. The van der Waals surface area contributed by atoms with Gasteiger partial charge in [0.1, 0.15) is 18.0 Å². The maximum absolute atomic E-state index is 4.67. The lowest BCUT2D eigenvalue weighted by molar-refractivity contribution is 0.437. The minimum atomic E-state index is 0.118. The number of anilines is 1. The van der Waals surface area contributed by atoms with Gasteiger partial charge in [0, 0.05) is 17.5 Å². The Bertz CT molecular complexity index is 986. The van der Waals surface area contributed by atoms with Crippen molar-refractivity contribution in [2.45, 2.75) is 25.4 Å². The molecule has 5 rings (SSSR count). The standard InChI is InChI=1S/C15H14N8S/c1-2-11(15-16-9-17-22(15)6-1)18-12-3-4-13-19-20-14(23(13)21-12)10-5-7-24-8-10/h3-5,7-9,11H,1-2,6H2,(H,18,21). The minimum absolute atomic E-state index is 0.118. The van der Waals surface area contributed by atoms with Gasteiger partial charge in [-0.15, -0.1) is 15.3 Å². The second-order valence-corrected chi connectivity index (χ2v) is 6.48. The molecule has 1 aliphatic heterocycles. The van der Waals surface area contributed by atoms with Crippen LogP contribution in [0.15, 0.2) is 35.3 Å². The highest BCUT2D eigenvalue weighted by atomic mass is 32.1. The highest BCUT2D eigenvalue weighted by Gasteiger charge is 2.23. The van der Waals surface area contributed by atoms with E-state index < -0.39 is 0 Å². The Morgan fingerprint density at radius 1 is 1.21 bits per heavy atom. The van der Waals surface area contributed by atoms with E-state index in [1.54, 1.807) is 22.2 Å². The quantitative estimate of drug-likeness (QED) is 0.617. The third-order valence-electron chi connectivity index (χ3n) is 4.18. The Balaban J connectivity index is 1.51. The second-order valence-electron chi connectivity index (χ2n) is 5.70. The molecule has 0 spiro atoms. The molecule has 1 atom stereocenters. The minimum Gasteiger partial charge on any atom is -0.359 e. The van der Waals surface area contributed by atoms with Crippen LogP contribution in [0.5, 0.6) is 0 Å². The lowest BCUT2D eigenvalue weighted by atomic mass is 10.1. The van der Waals surface area contributed by atoms with Crippen molar-refractivity contribution in [2.75, 3.05) is 5.32 Å². The number of aromatic nitrogens is 7. The molecule has 1 aliphatic rings. The summed E-state index contributed by atoms with van der Waals surface area (Å²) < 4.78 is 3.73. The fourth-order valence-electron chi connectivity index (χ4n) is 3.04. The summed E-state index contributed by atoms with van der Waals surface area (Å²) in [7, 11) is 0. The zero-order valence-electron chi connectivity index (χ0n) is 12.7. The first-order valence-corrected chi connectivity index (χ1v) is 8.72. The summed E-state index contributed by atoms with van der Waals surface area (Å²) >= 11 is 1.63. The van der Waals surface area contributed by atoms with Crippen molar-refractivity contribution in [3.63, 3.8) is 0 Å². The molecule has 4 aromatic rings. The molecule has 24 heavy (non-hydrogen) atoms. The van der Waals surface area contributed by atoms with Crippen LogP contribution in [0.2, 0.25) is 0 Å². The Morgan fingerprint density at radius 3 is 3.12 bits per heavy atom. The van der Waals surface area contributed by atoms with Gasteiger partial charge in [0.25, 0.3) is 0 Å². The summed E-state index contributed by atoms with van der Waals surface area (Å²) in [6, 6.07) is 5.99. The molecular formula is C15H14N8S. The van der Waals surface area contributed by atoms with Gasteiger partial charge in [0.15, 0.2) is 11.5 Å². The topological polar surface area (TPSA) is 85.8 Å². The van der Waals surface area contributed by atoms with Gasteiger partial charge in [-0.1, -0.05) is 0 Å². The van der Waals surface area contributed by atoms with E-state index >= 15 is 0 Å². The molecule has 0 fully saturated rings. The number of nitrogens with zero attached hydrogens (tertiary/aromatic N) is 7. The summed E-state index contributed by atoms with van der Waals surface area (Å²) in [6.07, 6.45) is 3.70. The van der Waals surface area contributed by atoms with Gasteiger partial charge < -0.3 is 5.32 Å². The molecule has 8 nitrogen and oxygen atoms in total. The van der Waals surface area contributed by atoms with E-state index in [0.717, 1.165) is 48.1 Å². The lowest BCUT2D eigenvalue weighted by Gasteiger charge is -2.23. The van der Waals surface area contributed by atoms with Gasteiger partial charge in [-0.2, -0.15) is 21.0 Å². The number of nitrogens with one attached hydrogen (secondary N) is 1. The van der Waals surface area contributed by atoms with Crippen LogP contribution in [-0.4, -0.2) is 34.6 Å². The third kappa shape index (κ3) is 2.16. The average Bonchev–Trinajstić information content (AvgIpc) is 3.34. The first-order valence-electron chi connectivity index (χ1n) is 7.78. The Hall–Kier alpha value is -2.81. The van der Waals surface area contributed by atoms with Crippen molar-refractivity contribution in [1.29, 1.82) is 0 Å². The lowest BCUT2D eigenvalue weighted by Crippen LogP contribution is -2.23. The van der Waals surface area contributed by atoms with Crippen LogP contribution >= 0.6 is 11.3 Å². The van der Waals surface area contributed by atoms with Gasteiger partial charge in [0.2, 0.25) is 0 Å². The summed E-state index contributed by atoms with van der Waals surface area (Å²) in [4.78, 5) is 4.38. The van der Waals surface area contributed by atoms with Crippen molar-refractivity contribution < 1.29 is 0 Å². The van der Waals surface area contributed by atoms with E-state index in [2.05, 4.69) is 30.7 Å². The van der Waals surface area contributed by atoms with Gasteiger partial charge in [-0.05, 0) is 36.4 Å². The number of hydrogen-bond acceptors (Lipinski definition) is 7. The highest BCUT2D eigenvalue weighted by molar-refractivity contribution is 7.08. The van der Waals surface area contributed by atoms with Crippen LogP contribution in [0.4, 0.5) is 5.82 Å². The summed E-state index contributed by atoms with van der Waals surface area (Å²) in [5, 5.41) is 24.9. The van der Waals surface area contributed by atoms with Crippen molar-refractivity contribution >= 4 is 22.8 Å². The fraction of sp³-hybridized carbons (Fsp3) is 0.267. The molecule has 0 saturated carbocycles. The molecule has 0 amide bonds. The van der Waals surface area contributed by atoms with Crippen molar-refractivity contribution in [3.8, 4) is 11.4 Å². The average molecular weight is 338 g/mol. The Morgan fingerprint density at radius 2 is 2.21 bits per heavy atom. The zero-order chi connectivity index (χ0) is 15.9. The van der Waals surface area contributed by atoms with Crippen LogP contribution in [0, 0.1) is 0 Å². The van der Waals surface area contributed by atoms with E-state index in [9.17, 15) is 0 Å². The molecule has 0 radical (unpaired) electrons. The number of aryl methyl sites for hydroxylation is 1. The van der Waals surface area contributed by atoms with Crippen molar-refractivity contribution in [3.05, 3.63) is 41.1 Å². The molecule has 1 unspecified atom stereocenters. The first kappa shape index (κ1) is 13.6. The molecule has 1 N–H and O–H groups in total. The van der Waals surface area contributed by atoms with E-state index in [4.69, 9.17) is 0 Å². The maximum Gasteiger partial charge on any atom is 0.186 e. The van der Waals surface area contributed by atoms with E-state index in [0.29, 0.717) is 0 Å². The van der Waals surface area contributed by atoms with Crippen molar-refractivity contribution in [2.24, 2.45) is 0 Å². The number of fused-ring (bicyclic) bond motifs is 2. The zero-order valence-corrected chi connectivity index (χ0v) is 13.5. The molecule has 9 heteroatoms. The van der Waals surface area contributed by atoms with Gasteiger partial charge in [-0.3, -0.25) is 0 Å². The van der Waals surface area contributed by atoms with Gasteiger partial charge in [-0.25, -0.2) is 9.67 Å². The molecular weight excluding hydrogens is 324 g/mol. The van der Waals surface area contributed by atoms with Crippen molar-refractivity contribution in [1.82, 2.24) is 34.6 Å². The van der Waals surface area contributed by atoms with Crippen LogP contribution in [0.3, 0.4) is 0 Å². The predicted octanol–water partition coefficient (Wildman–Crippen LogP) is 2.39.